The van der Waals surface area contributed by atoms with Gasteiger partial charge in [0.1, 0.15) is 11.5 Å². The molecule has 0 aromatic heterocycles. The molecular formula is C22H18O2. The van der Waals surface area contributed by atoms with Gasteiger partial charge in [-0.3, -0.25) is 0 Å². The van der Waals surface area contributed by atoms with Crippen molar-refractivity contribution in [2.75, 3.05) is 0 Å². The Morgan fingerprint density at radius 3 is 1.00 bits per heavy atom. The van der Waals surface area contributed by atoms with Gasteiger partial charge < -0.3 is 10.2 Å². The predicted molar refractivity (Wildman–Crippen MR) is 99.2 cm³/mol. The molecule has 0 radical (unpaired) electrons. The average Bonchev–Trinajstić information content (AvgIpc) is 2.64. The smallest absolute Gasteiger partial charge is 0.123 e. The highest BCUT2D eigenvalue weighted by molar-refractivity contribution is 5.82. The Bertz CT molecular complexity index is 836. The quantitative estimate of drug-likeness (QED) is 0.480. The Balaban J connectivity index is 0.000000149. The largest absolute Gasteiger partial charge is 0.507 e. The molecule has 0 aliphatic carbocycles. The van der Waals surface area contributed by atoms with E-state index in [1.54, 1.807) is 36.4 Å². The molecule has 0 unspecified atom stereocenters. The maximum absolute atomic E-state index is 9.58. The second-order valence-electron chi connectivity index (χ2n) is 5.38. The monoisotopic (exact) mass is 314 g/mol. The number of rotatable bonds is 1. The van der Waals surface area contributed by atoms with Crippen LogP contribution in [0.15, 0.2) is 97.1 Å². The van der Waals surface area contributed by atoms with Gasteiger partial charge in [0.05, 0.1) is 0 Å². The standard InChI is InChI=1S/C12H10O2.C10H8/c13-11-7-3-1-5-9(11)10-6-2-4-8-12(10)14;1-2-6-10-8-4-3-7-9(10)5-1/h1-8,13-14H;1-8H. The van der Waals surface area contributed by atoms with E-state index in [0.717, 1.165) is 0 Å². The van der Waals surface area contributed by atoms with E-state index < -0.39 is 0 Å². The highest BCUT2D eigenvalue weighted by Gasteiger charge is 2.06. The highest BCUT2D eigenvalue weighted by atomic mass is 16.3. The fraction of sp³-hybridized carbons (Fsp3) is 0. The van der Waals surface area contributed by atoms with Gasteiger partial charge in [0.2, 0.25) is 0 Å². The number of benzene rings is 4. The molecular weight excluding hydrogens is 296 g/mol. The molecule has 118 valence electrons. The van der Waals surface area contributed by atoms with Gasteiger partial charge in [-0.05, 0) is 22.9 Å². The van der Waals surface area contributed by atoms with Crippen LogP contribution in [0.2, 0.25) is 0 Å². The summed E-state index contributed by atoms with van der Waals surface area (Å²) in [5.41, 5.74) is 1.29. The Hall–Kier alpha value is -3.26. The number of aromatic hydroxyl groups is 2. The number of phenolic OH excluding ortho intramolecular Hbond substituents is 2. The van der Waals surface area contributed by atoms with Gasteiger partial charge in [0.15, 0.2) is 0 Å². The molecule has 4 aromatic carbocycles. The zero-order valence-electron chi connectivity index (χ0n) is 13.1. The minimum Gasteiger partial charge on any atom is -0.507 e. The summed E-state index contributed by atoms with van der Waals surface area (Å²) >= 11 is 0. The molecule has 0 saturated heterocycles. The van der Waals surface area contributed by atoms with Gasteiger partial charge in [-0.15, -0.1) is 0 Å². The van der Waals surface area contributed by atoms with Crippen molar-refractivity contribution in [3.05, 3.63) is 97.1 Å². The molecule has 0 bridgehead atoms. The molecule has 2 N–H and O–H groups in total. The third-order valence-corrected chi connectivity index (χ3v) is 3.76. The fourth-order valence-corrected chi connectivity index (χ4v) is 2.54. The summed E-state index contributed by atoms with van der Waals surface area (Å²) < 4.78 is 0. The number of hydrogen-bond acceptors (Lipinski definition) is 2. The van der Waals surface area contributed by atoms with Crippen molar-refractivity contribution in [3.63, 3.8) is 0 Å². The zero-order valence-corrected chi connectivity index (χ0v) is 13.1. The second kappa shape index (κ2) is 7.34. The third kappa shape index (κ3) is 3.55. The van der Waals surface area contributed by atoms with Gasteiger partial charge in [0.25, 0.3) is 0 Å². The summed E-state index contributed by atoms with van der Waals surface area (Å²) in [5, 5.41) is 21.8. The van der Waals surface area contributed by atoms with Gasteiger partial charge in [-0.25, -0.2) is 0 Å². The maximum Gasteiger partial charge on any atom is 0.123 e. The van der Waals surface area contributed by atoms with Gasteiger partial charge >= 0.3 is 0 Å². The van der Waals surface area contributed by atoms with Crippen LogP contribution in [0.3, 0.4) is 0 Å². The molecule has 0 amide bonds. The lowest BCUT2D eigenvalue weighted by atomic mass is 10.0. The molecule has 2 heteroatoms. The van der Waals surface area contributed by atoms with Crippen LogP contribution in [0, 0.1) is 0 Å². The second-order valence-corrected chi connectivity index (χ2v) is 5.38. The summed E-state index contributed by atoms with van der Waals surface area (Å²) in [6.45, 7) is 0. The third-order valence-electron chi connectivity index (χ3n) is 3.76. The number of fused-ring (bicyclic) bond motifs is 1. The van der Waals surface area contributed by atoms with Crippen molar-refractivity contribution in [2.24, 2.45) is 0 Å². The van der Waals surface area contributed by atoms with Crippen molar-refractivity contribution in [1.82, 2.24) is 0 Å². The van der Waals surface area contributed by atoms with Crippen LogP contribution in [0.1, 0.15) is 0 Å². The van der Waals surface area contributed by atoms with E-state index in [-0.39, 0.29) is 11.5 Å². The average molecular weight is 314 g/mol. The molecule has 4 aromatic rings. The van der Waals surface area contributed by atoms with Crippen LogP contribution >= 0.6 is 0 Å². The van der Waals surface area contributed by atoms with Crippen molar-refractivity contribution in [3.8, 4) is 22.6 Å². The van der Waals surface area contributed by atoms with E-state index >= 15 is 0 Å². The molecule has 0 atom stereocenters. The molecule has 0 saturated carbocycles. The fourth-order valence-electron chi connectivity index (χ4n) is 2.54. The van der Waals surface area contributed by atoms with Crippen molar-refractivity contribution < 1.29 is 10.2 Å². The van der Waals surface area contributed by atoms with E-state index in [0.29, 0.717) is 11.1 Å². The minimum absolute atomic E-state index is 0.175. The van der Waals surface area contributed by atoms with Gasteiger partial charge in [-0.2, -0.15) is 0 Å². The van der Waals surface area contributed by atoms with Crippen LogP contribution < -0.4 is 0 Å². The van der Waals surface area contributed by atoms with Crippen LogP contribution in [0.5, 0.6) is 11.5 Å². The molecule has 4 rings (SSSR count). The normalized spacial score (nSPS) is 10.0. The molecule has 0 aliphatic heterocycles. The van der Waals surface area contributed by atoms with E-state index in [1.165, 1.54) is 10.8 Å². The molecule has 2 nitrogen and oxygen atoms in total. The van der Waals surface area contributed by atoms with Gasteiger partial charge in [-0.1, -0.05) is 84.9 Å². The lowest BCUT2D eigenvalue weighted by Crippen LogP contribution is -1.79. The molecule has 24 heavy (non-hydrogen) atoms. The molecule has 0 spiro atoms. The lowest BCUT2D eigenvalue weighted by Gasteiger charge is -2.05. The highest BCUT2D eigenvalue weighted by Crippen LogP contribution is 2.34. The van der Waals surface area contributed by atoms with E-state index in [9.17, 15) is 10.2 Å². The number of phenols is 2. The van der Waals surface area contributed by atoms with Crippen molar-refractivity contribution in [1.29, 1.82) is 0 Å². The molecule has 0 heterocycles. The molecule has 0 fully saturated rings. The van der Waals surface area contributed by atoms with Crippen LogP contribution in [0.25, 0.3) is 21.9 Å². The summed E-state index contributed by atoms with van der Waals surface area (Å²) in [5.74, 6) is 0.350. The summed E-state index contributed by atoms with van der Waals surface area (Å²) in [6.07, 6.45) is 0. The predicted octanol–water partition coefficient (Wildman–Crippen LogP) is 5.60. The minimum atomic E-state index is 0.175. The Morgan fingerprint density at radius 2 is 0.667 bits per heavy atom. The summed E-state index contributed by atoms with van der Waals surface area (Å²) in [6, 6.07) is 30.6. The van der Waals surface area contributed by atoms with E-state index in [1.807, 2.05) is 12.1 Å². The lowest BCUT2D eigenvalue weighted by molar-refractivity contribution is 0.469. The summed E-state index contributed by atoms with van der Waals surface area (Å²) in [7, 11) is 0. The first-order chi connectivity index (χ1) is 11.8. The van der Waals surface area contributed by atoms with Crippen molar-refractivity contribution in [2.45, 2.75) is 0 Å². The SMILES string of the molecule is Oc1ccccc1-c1ccccc1O.c1ccc2ccccc2c1. The van der Waals surface area contributed by atoms with Crippen molar-refractivity contribution >= 4 is 10.8 Å². The number of para-hydroxylation sites is 2. The van der Waals surface area contributed by atoms with E-state index in [2.05, 4.69) is 48.5 Å². The first-order valence-electron chi connectivity index (χ1n) is 7.76. The Labute approximate surface area is 141 Å². The first kappa shape index (κ1) is 15.6. The van der Waals surface area contributed by atoms with Crippen LogP contribution in [0.4, 0.5) is 0 Å². The van der Waals surface area contributed by atoms with Gasteiger partial charge in [0, 0.05) is 11.1 Å². The first-order valence-corrected chi connectivity index (χ1v) is 7.76. The number of hydrogen-bond donors (Lipinski definition) is 2. The molecule has 0 aliphatic rings. The Morgan fingerprint density at radius 1 is 0.375 bits per heavy atom. The topological polar surface area (TPSA) is 40.5 Å². The van der Waals surface area contributed by atoms with Crippen LogP contribution in [-0.4, -0.2) is 10.2 Å². The van der Waals surface area contributed by atoms with Crippen LogP contribution in [-0.2, 0) is 0 Å². The van der Waals surface area contributed by atoms with E-state index in [4.69, 9.17) is 0 Å². The summed E-state index contributed by atoms with van der Waals surface area (Å²) in [4.78, 5) is 0. The maximum atomic E-state index is 9.58. The Kier molecular flexibility index (Phi) is 4.78. The zero-order chi connectivity index (χ0) is 16.8.